The number of fused-ring (bicyclic) bond motifs is 2. The third kappa shape index (κ3) is 3.21. The summed E-state index contributed by atoms with van der Waals surface area (Å²) in [6.45, 7) is 5.75. The van der Waals surface area contributed by atoms with Crippen molar-refractivity contribution in [3.63, 3.8) is 0 Å². The van der Waals surface area contributed by atoms with Gasteiger partial charge in [-0.1, -0.05) is 0 Å². The van der Waals surface area contributed by atoms with Crippen LogP contribution in [0.2, 0.25) is 0 Å². The number of hydrogen-bond acceptors (Lipinski definition) is 8. The van der Waals surface area contributed by atoms with Crippen molar-refractivity contribution in [2.75, 3.05) is 33.5 Å². The molecule has 2 aliphatic rings. The molecule has 26 heavy (non-hydrogen) atoms. The molecule has 4 rings (SSSR count). The zero-order valence-corrected chi connectivity index (χ0v) is 15.2. The minimum atomic E-state index is -0.295. The maximum atomic E-state index is 6.18. The molecule has 142 valence electrons. The van der Waals surface area contributed by atoms with E-state index in [0.717, 1.165) is 16.9 Å². The van der Waals surface area contributed by atoms with Crippen LogP contribution in [-0.4, -0.2) is 77.7 Å². The van der Waals surface area contributed by atoms with Crippen molar-refractivity contribution < 1.29 is 23.7 Å². The smallest absolute Gasteiger partial charge is 0.163 e. The van der Waals surface area contributed by atoms with E-state index in [-0.39, 0.29) is 30.6 Å². The number of aryl methyl sites for hydroxylation is 1. The van der Waals surface area contributed by atoms with Gasteiger partial charge in [-0.05, 0) is 13.8 Å². The summed E-state index contributed by atoms with van der Waals surface area (Å²) < 4.78 is 30.9. The molecule has 5 atom stereocenters. The molecule has 0 spiro atoms. The van der Waals surface area contributed by atoms with Gasteiger partial charge in [-0.15, -0.1) is 0 Å². The Hall–Kier alpha value is -1.65. The summed E-state index contributed by atoms with van der Waals surface area (Å²) in [5.41, 5.74) is 2.40. The van der Waals surface area contributed by atoms with E-state index in [1.54, 1.807) is 19.8 Å². The zero-order chi connectivity index (χ0) is 18.1. The number of aromatic nitrogens is 4. The lowest BCUT2D eigenvalue weighted by Gasteiger charge is -2.46. The van der Waals surface area contributed by atoms with Crippen LogP contribution in [0.3, 0.4) is 0 Å². The first-order chi connectivity index (χ1) is 12.7. The molecule has 0 amide bonds. The summed E-state index contributed by atoms with van der Waals surface area (Å²) in [4.78, 5) is 13.1. The molecule has 0 aliphatic carbocycles. The highest BCUT2D eigenvalue weighted by Gasteiger charge is 2.46. The summed E-state index contributed by atoms with van der Waals surface area (Å²) in [6.07, 6.45) is 2.43. The molecule has 0 radical (unpaired) electrons. The van der Waals surface area contributed by atoms with E-state index in [1.807, 2.05) is 18.4 Å². The number of imidazole rings is 1. The molecular formula is C17H24N4O5. The topological polar surface area (TPSA) is 89.8 Å². The second-order valence-corrected chi connectivity index (χ2v) is 6.55. The van der Waals surface area contributed by atoms with Gasteiger partial charge in [0.15, 0.2) is 11.9 Å². The molecule has 5 unspecified atom stereocenters. The summed E-state index contributed by atoms with van der Waals surface area (Å²) >= 11 is 0. The lowest BCUT2D eigenvalue weighted by Crippen LogP contribution is -2.58. The number of ether oxygens (including phenoxy) is 5. The fourth-order valence-corrected chi connectivity index (χ4v) is 3.57. The minimum absolute atomic E-state index is 0.113. The van der Waals surface area contributed by atoms with Crippen molar-refractivity contribution in [3.05, 3.63) is 18.3 Å². The predicted molar refractivity (Wildman–Crippen MR) is 90.7 cm³/mol. The highest BCUT2D eigenvalue weighted by molar-refractivity contribution is 5.72. The molecule has 4 heterocycles. The van der Waals surface area contributed by atoms with E-state index < -0.39 is 0 Å². The molecule has 9 nitrogen and oxygen atoms in total. The van der Waals surface area contributed by atoms with Gasteiger partial charge >= 0.3 is 0 Å². The van der Waals surface area contributed by atoms with Gasteiger partial charge in [-0.2, -0.15) is 0 Å². The summed E-state index contributed by atoms with van der Waals surface area (Å²) in [7, 11) is 1.66. The monoisotopic (exact) mass is 364 g/mol. The first-order valence-electron chi connectivity index (χ1n) is 8.82. The second-order valence-electron chi connectivity index (χ2n) is 6.55. The molecule has 2 aromatic rings. The zero-order valence-electron chi connectivity index (χ0n) is 15.2. The average Bonchev–Trinajstić information content (AvgIpc) is 3.07. The van der Waals surface area contributed by atoms with Gasteiger partial charge in [0.25, 0.3) is 0 Å². The molecule has 0 saturated carbocycles. The third-order valence-corrected chi connectivity index (χ3v) is 4.89. The highest BCUT2D eigenvalue weighted by atomic mass is 16.7. The Morgan fingerprint density at radius 2 is 2.08 bits per heavy atom. The standard InChI is InChI=1S/C17H24N4O5/c1-10-14-17(19-8-18-10)21(9-20-14)12-6-25-13-7-24-11(2)26-16(13)15(12)23-5-4-22-3/h8-9,11-13,15-16H,4-7H2,1-3H3. The van der Waals surface area contributed by atoms with E-state index in [9.17, 15) is 0 Å². The third-order valence-electron chi connectivity index (χ3n) is 4.89. The Labute approximate surface area is 151 Å². The quantitative estimate of drug-likeness (QED) is 0.722. The van der Waals surface area contributed by atoms with E-state index in [1.165, 1.54) is 0 Å². The van der Waals surface area contributed by atoms with Gasteiger partial charge in [-0.25, -0.2) is 15.0 Å². The predicted octanol–water partition coefficient (Wildman–Crippen LogP) is 0.868. The normalized spacial score (nSPS) is 31.9. The molecular weight excluding hydrogens is 340 g/mol. The largest absolute Gasteiger partial charge is 0.382 e. The summed E-state index contributed by atoms with van der Waals surface area (Å²) in [5, 5.41) is 0. The minimum Gasteiger partial charge on any atom is -0.382 e. The second kappa shape index (κ2) is 7.53. The summed E-state index contributed by atoms with van der Waals surface area (Å²) in [6, 6.07) is -0.113. The fraction of sp³-hybridized carbons (Fsp3) is 0.706. The van der Waals surface area contributed by atoms with Crippen LogP contribution in [0.25, 0.3) is 11.2 Å². The van der Waals surface area contributed by atoms with Crippen LogP contribution in [0.1, 0.15) is 18.7 Å². The molecule has 9 heteroatoms. The van der Waals surface area contributed by atoms with Crippen molar-refractivity contribution in [1.82, 2.24) is 19.5 Å². The van der Waals surface area contributed by atoms with Gasteiger partial charge < -0.3 is 28.3 Å². The van der Waals surface area contributed by atoms with E-state index in [0.29, 0.717) is 26.4 Å². The van der Waals surface area contributed by atoms with Crippen LogP contribution in [0.15, 0.2) is 12.7 Å². The van der Waals surface area contributed by atoms with Crippen LogP contribution >= 0.6 is 0 Å². The molecule has 0 bridgehead atoms. The number of methoxy groups -OCH3 is 1. The number of rotatable bonds is 5. The maximum absolute atomic E-state index is 6.18. The van der Waals surface area contributed by atoms with E-state index in [2.05, 4.69) is 15.0 Å². The summed E-state index contributed by atoms with van der Waals surface area (Å²) in [5.74, 6) is 0. The van der Waals surface area contributed by atoms with Gasteiger partial charge in [0, 0.05) is 7.11 Å². The fourth-order valence-electron chi connectivity index (χ4n) is 3.57. The lowest BCUT2D eigenvalue weighted by atomic mass is 9.97. The van der Waals surface area contributed by atoms with Crippen molar-refractivity contribution in [3.8, 4) is 0 Å². The Morgan fingerprint density at radius 1 is 1.19 bits per heavy atom. The van der Waals surface area contributed by atoms with Gasteiger partial charge in [0.2, 0.25) is 0 Å². The molecule has 2 fully saturated rings. The SMILES string of the molecule is COCCOC1C2OC(C)OCC2OCC1n1cnc2c(C)ncnc21. The van der Waals surface area contributed by atoms with Crippen LogP contribution in [-0.2, 0) is 23.7 Å². The highest BCUT2D eigenvalue weighted by Crippen LogP contribution is 2.34. The number of nitrogens with zero attached hydrogens (tertiary/aromatic N) is 4. The Kier molecular flexibility index (Phi) is 5.14. The maximum Gasteiger partial charge on any atom is 0.163 e. The van der Waals surface area contributed by atoms with Crippen molar-refractivity contribution in [2.24, 2.45) is 0 Å². The lowest BCUT2D eigenvalue weighted by molar-refractivity contribution is -0.303. The van der Waals surface area contributed by atoms with Gasteiger partial charge in [-0.3, -0.25) is 0 Å². The Bertz CT molecular complexity index is 754. The van der Waals surface area contributed by atoms with Gasteiger partial charge in [0.1, 0.15) is 30.2 Å². The van der Waals surface area contributed by atoms with E-state index >= 15 is 0 Å². The Morgan fingerprint density at radius 3 is 2.92 bits per heavy atom. The van der Waals surface area contributed by atoms with Crippen LogP contribution in [0.5, 0.6) is 0 Å². The van der Waals surface area contributed by atoms with Crippen LogP contribution in [0.4, 0.5) is 0 Å². The van der Waals surface area contributed by atoms with Crippen LogP contribution < -0.4 is 0 Å². The Balaban J connectivity index is 1.66. The van der Waals surface area contributed by atoms with Crippen LogP contribution in [0, 0.1) is 6.92 Å². The van der Waals surface area contributed by atoms with Gasteiger partial charge in [0.05, 0.1) is 44.5 Å². The van der Waals surface area contributed by atoms with E-state index in [4.69, 9.17) is 23.7 Å². The first-order valence-corrected chi connectivity index (χ1v) is 8.82. The molecule has 2 aromatic heterocycles. The van der Waals surface area contributed by atoms with Crippen molar-refractivity contribution in [1.29, 1.82) is 0 Å². The molecule has 2 saturated heterocycles. The molecule has 0 N–H and O–H groups in total. The average molecular weight is 364 g/mol. The first kappa shape index (κ1) is 17.7. The number of hydrogen-bond donors (Lipinski definition) is 0. The van der Waals surface area contributed by atoms with Crippen molar-refractivity contribution >= 4 is 11.2 Å². The molecule has 0 aromatic carbocycles. The molecule has 2 aliphatic heterocycles. The van der Waals surface area contributed by atoms with Crippen molar-refractivity contribution in [2.45, 2.75) is 44.5 Å².